The van der Waals surface area contributed by atoms with Crippen molar-refractivity contribution in [3.63, 3.8) is 0 Å². The van der Waals surface area contributed by atoms with E-state index >= 15 is 0 Å². The molecule has 0 bridgehead atoms. The van der Waals surface area contributed by atoms with Gasteiger partial charge in [-0.15, -0.1) is 11.3 Å². The van der Waals surface area contributed by atoms with Crippen molar-refractivity contribution < 1.29 is 15.0 Å². The van der Waals surface area contributed by atoms with Gasteiger partial charge in [0.25, 0.3) is 0 Å². The van der Waals surface area contributed by atoms with Crippen LogP contribution in [0.3, 0.4) is 0 Å². The van der Waals surface area contributed by atoms with Crippen LogP contribution < -0.4 is 0 Å². The van der Waals surface area contributed by atoms with Crippen LogP contribution in [0.15, 0.2) is 23.6 Å². The largest absolute Gasteiger partial charge is 0.396 e. The number of hydrogen-bond donors (Lipinski definition) is 2. The van der Waals surface area contributed by atoms with E-state index in [4.69, 9.17) is 0 Å². The molecule has 2 atom stereocenters. The number of nitrogens with zero attached hydrogens (tertiary/aromatic N) is 2. The van der Waals surface area contributed by atoms with E-state index in [-0.39, 0.29) is 31.4 Å². The summed E-state index contributed by atoms with van der Waals surface area (Å²) in [5.41, 5.74) is 4.27. The second kappa shape index (κ2) is 7.64. The summed E-state index contributed by atoms with van der Waals surface area (Å²) < 4.78 is 0. The predicted molar refractivity (Wildman–Crippen MR) is 98.5 cm³/mol. The zero-order valence-corrected chi connectivity index (χ0v) is 15.4. The summed E-state index contributed by atoms with van der Waals surface area (Å²) in [5.74, 6) is -0.146. The van der Waals surface area contributed by atoms with Crippen LogP contribution in [0.5, 0.6) is 0 Å². The summed E-state index contributed by atoms with van der Waals surface area (Å²) in [5, 5.41) is 22.1. The van der Waals surface area contributed by atoms with Gasteiger partial charge in [-0.3, -0.25) is 4.79 Å². The smallest absolute Gasteiger partial charge is 0.228 e. The van der Waals surface area contributed by atoms with Gasteiger partial charge in [-0.25, -0.2) is 4.98 Å². The van der Waals surface area contributed by atoms with Crippen molar-refractivity contribution >= 4 is 17.2 Å². The topological polar surface area (TPSA) is 73.7 Å². The lowest BCUT2D eigenvalue weighted by Crippen LogP contribution is -2.48. The Balaban J connectivity index is 1.66. The Morgan fingerprint density at radius 2 is 2.20 bits per heavy atom. The molecule has 2 aromatic rings. The quantitative estimate of drug-likeness (QED) is 0.876. The van der Waals surface area contributed by atoms with Crippen LogP contribution in [-0.4, -0.2) is 51.8 Å². The van der Waals surface area contributed by atoms with Crippen LogP contribution in [0.1, 0.15) is 23.2 Å². The van der Waals surface area contributed by atoms with E-state index in [0.717, 1.165) is 16.3 Å². The number of amides is 1. The fraction of sp³-hybridized carbons (Fsp3) is 0.474. The number of benzene rings is 1. The zero-order chi connectivity index (χ0) is 18.0. The molecule has 134 valence electrons. The molecule has 1 fully saturated rings. The Bertz CT molecular complexity index is 759. The Labute approximate surface area is 152 Å². The van der Waals surface area contributed by atoms with Crippen molar-refractivity contribution in [1.82, 2.24) is 9.88 Å². The van der Waals surface area contributed by atoms with Crippen molar-refractivity contribution in [3.05, 3.63) is 40.4 Å². The van der Waals surface area contributed by atoms with E-state index in [9.17, 15) is 15.0 Å². The number of piperidine rings is 1. The first-order valence-corrected chi connectivity index (χ1v) is 9.44. The van der Waals surface area contributed by atoms with Crippen molar-refractivity contribution in [1.29, 1.82) is 0 Å². The summed E-state index contributed by atoms with van der Waals surface area (Å²) in [6, 6.07) is 6.28. The molecule has 2 unspecified atom stereocenters. The standard InChI is InChI=1S/C19H24N2O3S/c1-12-3-4-16(13(2)7-12)19-20-15(11-25-19)8-18(24)21-6-5-14(10-22)17(23)9-21/h3-4,7,11,14,17,22-23H,5-6,8-10H2,1-2H3. The van der Waals surface area contributed by atoms with Gasteiger partial charge in [0, 0.05) is 36.6 Å². The molecule has 1 aliphatic rings. The summed E-state index contributed by atoms with van der Waals surface area (Å²) in [6.07, 6.45) is 0.232. The number of rotatable bonds is 4. The number of aliphatic hydroxyl groups excluding tert-OH is 2. The van der Waals surface area contributed by atoms with Crippen molar-refractivity contribution in [2.24, 2.45) is 5.92 Å². The summed E-state index contributed by atoms with van der Waals surface area (Å²) in [4.78, 5) is 18.8. The van der Waals surface area contributed by atoms with E-state index in [2.05, 4.69) is 37.0 Å². The lowest BCUT2D eigenvalue weighted by Gasteiger charge is -2.35. The van der Waals surface area contributed by atoms with E-state index in [1.54, 1.807) is 16.2 Å². The van der Waals surface area contributed by atoms with Gasteiger partial charge in [-0.2, -0.15) is 0 Å². The first kappa shape index (κ1) is 18.0. The average Bonchev–Trinajstić information content (AvgIpc) is 3.02. The number of aliphatic hydroxyl groups is 2. The molecule has 2 N–H and O–H groups in total. The van der Waals surface area contributed by atoms with Gasteiger partial charge >= 0.3 is 0 Å². The first-order chi connectivity index (χ1) is 12.0. The lowest BCUT2D eigenvalue weighted by atomic mass is 9.94. The highest BCUT2D eigenvalue weighted by Crippen LogP contribution is 2.28. The minimum absolute atomic E-state index is 0.0204. The van der Waals surface area contributed by atoms with Crippen LogP contribution in [0, 0.1) is 19.8 Å². The fourth-order valence-electron chi connectivity index (χ4n) is 3.25. The Morgan fingerprint density at radius 3 is 2.88 bits per heavy atom. The Morgan fingerprint density at radius 1 is 1.40 bits per heavy atom. The van der Waals surface area contributed by atoms with Crippen LogP contribution in [0.4, 0.5) is 0 Å². The average molecular weight is 360 g/mol. The maximum Gasteiger partial charge on any atom is 0.228 e. The van der Waals surface area contributed by atoms with Crippen molar-refractivity contribution in [2.75, 3.05) is 19.7 Å². The molecule has 3 rings (SSSR count). The molecule has 25 heavy (non-hydrogen) atoms. The molecule has 6 heteroatoms. The summed E-state index contributed by atoms with van der Waals surface area (Å²) in [7, 11) is 0. The van der Waals surface area contributed by atoms with Crippen LogP contribution in [0.25, 0.3) is 10.6 Å². The third-order valence-electron chi connectivity index (χ3n) is 4.81. The second-order valence-corrected chi connectivity index (χ2v) is 7.64. The highest BCUT2D eigenvalue weighted by Gasteiger charge is 2.29. The molecule has 1 amide bonds. The summed E-state index contributed by atoms with van der Waals surface area (Å²) >= 11 is 1.55. The van der Waals surface area contributed by atoms with E-state index in [1.165, 1.54) is 11.1 Å². The predicted octanol–water partition coefficient (Wildman–Crippen LogP) is 2.17. The van der Waals surface area contributed by atoms with Crippen LogP contribution in [-0.2, 0) is 11.2 Å². The third kappa shape index (κ3) is 4.08. The Hall–Kier alpha value is -1.76. The Kier molecular flexibility index (Phi) is 5.51. The van der Waals surface area contributed by atoms with E-state index < -0.39 is 6.10 Å². The summed E-state index contributed by atoms with van der Waals surface area (Å²) in [6.45, 7) is 4.97. The number of β-amino-alcohol motifs (C(OH)–C–C–N with tert-alkyl or cyclic N) is 1. The number of hydrogen-bond acceptors (Lipinski definition) is 5. The van der Waals surface area contributed by atoms with Gasteiger partial charge in [-0.05, 0) is 25.8 Å². The van der Waals surface area contributed by atoms with Gasteiger partial charge in [0.05, 0.1) is 18.2 Å². The minimum Gasteiger partial charge on any atom is -0.396 e. The molecular weight excluding hydrogens is 336 g/mol. The van der Waals surface area contributed by atoms with Crippen LogP contribution >= 0.6 is 11.3 Å². The van der Waals surface area contributed by atoms with Crippen molar-refractivity contribution in [2.45, 2.75) is 32.8 Å². The monoisotopic (exact) mass is 360 g/mol. The van der Waals surface area contributed by atoms with Crippen molar-refractivity contribution in [3.8, 4) is 10.6 Å². The fourth-order valence-corrected chi connectivity index (χ4v) is 4.16. The van der Waals surface area contributed by atoms with E-state index in [1.807, 2.05) is 5.38 Å². The third-order valence-corrected chi connectivity index (χ3v) is 5.73. The maximum atomic E-state index is 12.5. The lowest BCUT2D eigenvalue weighted by molar-refractivity contribution is -0.135. The molecule has 2 heterocycles. The number of aromatic nitrogens is 1. The molecule has 0 aliphatic carbocycles. The number of carbonyl (C=O) groups excluding carboxylic acids is 1. The molecule has 0 spiro atoms. The highest BCUT2D eigenvalue weighted by molar-refractivity contribution is 7.13. The molecule has 1 aromatic heterocycles. The number of aryl methyl sites for hydroxylation is 2. The molecule has 1 aromatic carbocycles. The van der Waals surface area contributed by atoms with Gasteiger partial charge in [0.1, 0.15) is 5.01 Å². The number of carbonyl (C=O) groups is 1. The molecule has 1 saturated heterocycles. The molecule has 1 aliphatic heterocycles. The molecule has 0 saturated carbocycles. The SMILES string of the molecule is Cc1ccc(-c2nc(CC(=O)N3CCC(CO)C(O)C3)cs2)c(C)c1. The highest BCUT2D eigenvalue weighted by atomic mass is 32.1. The molecular formula is C19H24N2O3S. The number of thiazole rings is 1. The van der Waals surface area contributed by atoms with Crippen LogP contribution in [0.2, 0.25) is 0 Å². The number of likely N-dealkylation sites (tertiary alicyclic amines) is 1. The van der Waals surface area contributed by atoms with Gasteiger partial charge in [0.15, 0.2) is 0 Å². The minimum atomic E-state index is -0.649. The zero-order valence-electron chi connectivity index (χ0n) is 14.6. The molecule has 0 radical (unpaired) electrons. The molecule has 5 nitrogen and oxygen atoms in total. The van der Waals surface area contributed by atoms with Gasteiger partial charge < -0.3 is 15.1 Å². The maximum absolute atomic E-state index is 12.5. The van der Waals surface area contributed by atoms with E-state index in [0.29, 0.717) is 13.0 Å². The van der Waals surface area contributed by atoms with Gasteiger partial charge in [-0.1, -0.05) is 23.8 Å². The normalized spacial score (nSPS) is 20.7. The second-order valence-electron chi connectivity index (χ2n) is 6.78. The van der Waals surface area contributed by atoms with Gasteiger partial charge in [0.2, 0.25) is 5.91 Å². The first-order valence-electron chi connectivity index (χ1n) is 8.56.